The van der Waals surface area contributed by atoms with Gasteiger partial charge in [-0.25, -0.2) is 4.79 Å². The molecule has 0 atom stereocenters. The minimum atomic E-state index is -0.257. The minimum absolute atomic E-state index is 0.257. The van der Waals surface area contributed by atoms with Crippen LogP contribution in [0.25, 0.3) is 0 Å². The number of likely N-dealkylation sites (N-methyl/N-ethyl adjacent to an activating group) is 2. The maximum absolute atomic E-state index is 11.2. The van der Waals surface area contributed by atoms with Gasteiger partial charge < -0.3 is 9.22 Å². The molecule has 0 aromatic carbocycles. The number of piperazine rings is 1. The van der Waals surface area contributed by atoms with Crippen molar-refractivity contribution in [3.8, 4) is 0 Å². The van der Waals surface area contributed by atoms with Crippen LogP contribution < -0.4 is 0 Å². The third-order valence-corrected chi connectivity index (χ3v) is 5.47. The number of ether oxygens (including phenoxy) is 1. The topological polar surface area (TPSA) is 29.5 Å². The van der Waals surface area contributed by atoms with Crippen LogP contribution in [0, 0.1) is 0 Å². The molecule has 0 aromatic heterocycles. The van der Waals surface area contributed by atoms with Crippen molar-refractivity contribution >= 4 is 5.97 Å². The predicted molar refractivity (Wildman–Crippen MR) is 106 cm³/mol. The minimum Gasteiger partial charge on any atom is -0.462 e. The number of hydrogen-bond acceptors (Lipinski definition) is 3. The molecule has 0 N–H and O–H groups in total. The third kappa shape index (κ3) is 10.7. The van der Waals surface area contributed by atoms with Crippen LogP contribution in [0.5, 0.6) is 0 Å². The molecule has 1 rings (SSSR count). The lowest BCUT2D eigenvalue weighted by molar-refractivity contribution is -0.913. The smallest absolute Gasteiger partial charge is 0.333 e. The fraction of sp³-hybridized carbons (Fsp3) is 0.857. The van der Waals surface area contributed by atoms with E-state index in [4.69, 9.17) is 4.74 Å². The molecule has 0 unspecified atom stereocenters. The Morgan fingerprint density at radius 1 is 0.960 bits per heavy atom. The van der Waals surface area contributed by atoms with E-state index in [9.17, 15) is 4.79 Å². The molecule has 0 aromatic rings. The molecule has 1 heterocycles. The molecular weight excluding hydrogens is 312 g/mol. The van der Waals surface area contributed by atoms with E-state index in [0.29, 0.717) is 12.2 Å². The normalized spacial score (nSPS) is 17.4. The summed E-state index contributed by atoms with van der Waals surface area (Å²) in [4.78, 5) is 13.7. The Labute approximate surface area is 155 Å². The monoisotopic (exact) mass is 353 g/mol. The van der Waals surface area contributed by atoms with E-state index in [0.717, 1.165) is 12.8 Å². The molecular formula is C21H41N2O2+. The number of esters is 1. The van der Waals surface area contributed by atoms with Crippen LogP contribution in [0.2, 0.25) is 0 Å². The van der Waals surface area contributed by atoms with E-state index < -0.39 is 0 Å². The molecule has 1 fully saturated rings. The van der Waals surface area contributed by atoms with Gasteiger partial charge in [0.05, 0.1) is 33.3 Å². The van der Waals surface area contributed by atoms with Crippen LogP contribution in [0.3, 0.4) is 0 Å². The molecule has 0 saturated carbocycles. The van der Waals surface area contributed by atoms with Gasteiger partial charge in [-0.1, -0.05) is 45.1 Å². The van der Waals surface area contributed by atoms with Crippen molar-refractivity contribution < 1.29 is 14.0 Å². The summed E-state index contributed by atoms with van der Waals surface area (Å²) < 4.78 is 6.37. The average Bonchev–Trinajstić information content (AvgIpc) is 2.58. The number of unbranched alkanes of at least 4 members (excludes halogenated alkanes) is 8. The van der Waals surface area contributed by atoms with E-state index in [1.54, 1.807) is 6.92 Å². The second-order valence-electron chi connectivity index (χ2n) is 8.19. The molecule has 146 valence electrons. The Balaban J connectivity index is 1.83. The number of carbonyl (C=O) groups is 1. The standard InChI is InChI=1S/C21H41N2O2/c1-20(2)21(24)25-19-13-11-9-7-5-6-8-10-12-16-23(4)17-14-22(3)15-18-23/h1,5-19H2,2-4H3/q+1. The van der Waals surface area contributed by atoms with Gasteiger partial charge in [0.15, 0.2) is 0 Å². The lowest BCUT2D eigenvalue weighted by atomic mass is 10.1. The Hall–Kier alpha value is -0.870. The fourth-order valence-corrected chi connectivity index (χ4v) is 3.39. The largest absolute Gasteiger partial charge is 0.462 e. The van der Waals surface area contributed by atoms with Gasteiger partial charge in [-0.15, -0.1) is 0 Å². The molecule has 0 aliphatic carbocycles. The van der Waals surface area contributed by atoms with E-state index in [2.05, 4.69) is 25.6 Å². The summed E-state index contributed by atoms with van der Waals surface area (Å²) in [5.74, 6) is -0.257. The first-order chi connectivity index (χ1) is 11.9. The third-order valence-electron chi connectivity index (χ3n) is 5.47. The first kappa shape index (κ1) is 22.2. The van der Waals surface area contributed by atoms with Gasteiger partial charge in [0.25, 0.3) is 0 Å². The summed E-state index contributed by atoms with van der Waals surface area (Å²) >= 11 is 0. The van der Waals surface area contributed by atoms with Crippen molar-refractivity contribution in [2.75, 3.05) is 53.4 Å². The molecule has 0 spiro atoms. The van der Waals surface area contributed by atoms with Gasteiger partial charge in [-0.05, 0) is 33.2 Å². The number of hydrogen-bond donors (Lipinski definition) is 0. The zero-order valence-electron chi connectivity index (χ0n) is 17.0. The van der Waals surface area contributed by atoms with Crippen molar-refractivity contribution in [1.82, 2.24) is 4.90 Å². The quantitative estimate of drug-likeness (QED) is 0.217. The summed E-state index contributed by atoms with van der Waals surface area (Å²) in [5, 5.41) is 0. The zero-order valence-corrected chi connectivity index (χ0v) is 17.0. The molecule has 1 aliphatic heterocycles. The molecule has 0 amide bonds. The second-order valence-corrected chi connectivity index (χ2v) is 8.19. The van der Waals surface area contributed by atoms with Gasteiger partial charge in [0, 0.05) is 18.7 Å². The Bertz CT molecular complexity index is 387. The van der Waals surface area contributed by atoms with Crippen molar-refractivity contribution in [3.05, 3.63) is 12.2 Å². The first-order valence-corrected chi connectivity index (χ1v) is 10.3. The van der Waals surface area contributed by atoms with Crippen LogP contribution >= 0.6 is 0 Å². The highest BCUT2D eigenvalue weighted by Crippen LogP contribution is 2.14. The van der Waals surface area contributed by atoms with Gasteiger partial charge in [0.1, 0.15) is 0 Å². The molecule has 1 saturated heterocycles. The van der Waals surface area contributed by atoms with Crippen LogP contribution in [0.1, 0.15) is 64.7 Å². The Kier molecular flexibility index (Phi) is 11.1. The lowest BCUT2D eigenvalue weighted by Gasteiger charge is -2.41. The van der Waals surface area contributed by atoms with Crippen molar-refractivity contribution in [1.29, 1.82) is 0 Å². The van der Waals surface area contributed by atoms with Crippen molar-refractivity contribution in [3.63, 3.8) is 0 Å². The highest BCUT2D eigenvalue weighted by molar-refractivity contribution is 5.86. The van der Waals surface area contributed by atoms with Gasteiger partial charge in [-0.3, -0.25) is 4.90 Å². The molecule has 0 radical (unpaired) electrons. The average molecular weight is 354 g/mol. The molecule has 25 heavy (non-hydrogen) atoms. The number of carbonyl (C=O) groups excluding carboxylic acids is 1. The summed E-state index contributed by atoms with van der Waals surface area (Å²) in [6, 6.07) is 0. The number of nitrogens with zero attached hydrogens (tertiary/aromatic N) is 2. The molecule has 1 aliphatic rings. The summed E-state index contributed by atoms with van der Waals surface area (Å²) in [5.41, 5.74) is 0.489. The Morgan fingerprint density at radius 2 is 1.44 bits per heavy atom. The van der Waals surface area contributed by atoms with Crippen LogP contribution in [-0.4, -0.2) is 68.8 Å². The molecule has 4 nitrogen and oxygen atoms in total. The maximum Gasteiger partial charge on any atom is 0.333 e. The number of quaternary nitrogens is 1. The van der Waals surface area contributed by atoms with Crippen LogP contribution in [0.4, 0.5) is 0 Å². The highest BCUT2D eigenvalue weighted by Gasteiger charge is 2.26. The van der Waals surface area contributed by atoms with Crippen molar-refractivity contribution in [2.45, 2.75) is 64.7 Å². The molecule has 4 heteroatoms. The van der Waals surface area contributed by atoms with Gasteiger partial charge in [-0.2, -0.15) is 0 Å². The summed E-state index contributed by atoms with van der Waals surface area (Å²) in [6.45, 7) is 12.3. The van der Waals surface area contributed by atoms with E-state index in [1.165, 1.54) is 82.2 Å². The highest BCUT2D eigenvalue weighted by atomic mass is 16.5. The summed E-state index contributed by atoms with van der Waals surface area (Å²) in [7, 11) is 4.67. The SMILES string of the molecule is C=C(C)C(=O)OCCCCCCCCCCC[N+]1(C)CCN(C)CC1. The van der Waals surface area contributed by atoms with Gasteiger partial charge >= 0.3 is 5.97 Å². The van der Waals surface area contributed by atoms with E-state index >= 15 is 0 Å². The second kappa shape index (κ2) is 12.5. The van der Waals surface area contributed by atoms with Gasteiger partial charge in [0.2, 0.25) is 0 Å². The summed E-state index contributed by atoms with van der Waals surface area (Å²) in [6.07, 6.45) is 11.6. The van der Waals surface area contributed by atoms with Crippen LogP contribution in [-0.2, 0) is 9.53 Å². The maximum atomic E-state index is 11.2. The lowest BCUT2D eigenvalue weighted by Crippen LogP contribution is -2.56. The Morgan fingerprint density at radius 3 is 1.96 bits per heavy atom. The fourth-order valence-electron chi connectivity index (χ4n) is 3.39. The molecule has 0 bridgehead atoms. The first-order valence-electron chi connectivity index (χ1n) is 10.3. The number of rotatable bonds is 13. The predicted octanol–water partition coefficient (Wildman–Crippen LogP) is 4.01. The van der Waals surface area contributed by atoms with Crippen molar-refractivity contribution in [2.24, 2.45) is 0 Å². The van der Waals surface area contributed by atoms with E-state index in [1.807, 2.05) is 0 Å². The van der Waals surface area contributed by atoms with Crippen LogP contribution in [0.15, 0.2) is 12.2 Å². The van der Waals surface area contributed by atoms with E-state index in [-0.39, 0.29) is 5.97 Å². The zero-order chi connectivity index (χ0) is 18.5.